The summed E-state index contributed by atoms with van der Waals surface area (Å²) in [7, 11) is 0. The molecule has 0 rings (SSSR count). The maximum absolute atomic E-state index is 10.7. The van der Waals surface area contributed by atoms with E-state index in [0.29, 0.717) is 18.2 Å². The van der Waals surface area contributed by atoms with Gasteiger partial charge in [0.2, 0.25) is 0 Å². The summed E-state index contributed by atoms with van der Waals surface area (Å²) in [6.45, 7) is 6.87. The molecule has 2 N–H and O–H groups in total. The predicted molar refractivity (Wildman–Crippen MR) is 57.3 cm³/mol. The summed E-state index contributed by atoms with van der Waals surface area (Å²) in [5.41, 5.74) is 0. The van der Waals surface area contributed by atoms with Gasteiger partial charge in [-0.3, -0.25) is 4.79 Å². The van der Waals surface area contributed by atoms with Crippen LogP contribution in [0.1, 0.15) is 27.2 Å². The second kappa shape index (κ2) is 7.21. The minimum absolute atomic E-state index is 0.378. The summed E-state index contributed by atoms with van der Waals surface area (Å²) in [6.07, 6.45) is 0.700. The monoisotopic (exact) mass is 205 g/mol. The summed E-state index contributed by atoms with van der Waals surface area (Å²) in [6, 6.07) is -0.378. The third-order valence-corrected chi connectivity index (χ3v) is 2.74. The van der Waals surface area contributed by atoms with Crippen molar-refractivity contribution in [1.82, 2.24) is 5.32 Å². The van der Waals surface area contributed by atoms with Crippen molar-refractivity contribution in [2.24, 2.45) is 0 Å². The number of thioether (sulfide) groups is 1. The van der Waals surface area contributed by atoms with Crippen LogP contribution in [-0.2, 0) is 4.79 Å². The Hall–Kier alpha value is -0.220. The lowest BCUT2D eigenvalue weighted by atomic mass is 10.2. The molecule has 0 aliphatic rings. The summed E-state index contributed by atoms with van der Waals surface area (Å²) in [5, 5.41) is 12.3. The summed E-state index contributed by atoms with van der Waals surface area (Å²) >= 11 is 1.80. The highest BCUT2D eigenvalue weighted by atomic mass is 32.2. The van der Waals surface area contributed by atoms with E-state index >= 15 is 0 Å². The van der Waals surface area contributed by atoms with Crippen molar-refractivity contribution >= 4 is 17.7 Å². The van der Waals surface area contributed by atoms with Gasteiger partial charge in [0.15, 0.2) is 0 Å². The Kier molecular flexibility index (Phi) is 7.09. The van der Waals surface area contributed by atoms with Crippen LogP contribution in [0.4, 0.5) is 0 Å². The van der Waals surface area contributed by atoms with Gasteiger partial charge in [0.25, 0.3) is 0 Å². The van der Waals surface area contributed by atoms with Crippen LogP contribution in [0.25, 0.3) is 0 Å². The number of carbonyl (C=O) groups is 1. The molecule has 0 aliphatic heterocycles. The van der Waals surface area contributed by atoms with E-state index in [1.165, 1.54) is 0 Å². The van der Waals surface area contributed by atoms with E-state index in [4.69, 9.17) is 5.11 Å². The molecule has 1 unspecified atom stereocenters. The van der Waals surface area contributed by atoms with Crippen molar-refractivity contribution in [3.05, 3.63) is 0 Å². The highest BCUT2D eigenvalue weighted by Gasteiger charge is 2.14. The Morgan fingerprint density at radius 3 is 2.54 bits per heavy atom. The number of hydrogen-bond acceptors (Lipinski definition) is 3. The molecule has 4 heteroatoms. The third kappa shape index (κ3) is 6.90. The number of nitrogens with one attached hydrogen (secondary N) is 1. The Morgan fingerprint density at radius 1 is 1.54 bits per heavy atom. The van der Waals surface area contributed by atoms with Crippen LogP contribution < -0.4 is 5.32 Å². The topological polar surface area (TPSA) is 49.3 Å². The van der Waals surface area contributed by atoms with Crippen molar-refractivity contribution in [1.29, 1.82) is 0 Å². The molecule has 0 aliphatic carbocycles. The number of likely N-dealkylation sites (N-methyl/N-ethyl adjacent to an activating group) is 1. The van der Waals surface area contributed by atoms with Crippen LogP contribution in [0.2, 0.25) is 0 Å². The normalized spacial score (nSPS) is 13.2. The molecule has 1 atom stereocenters. The summed E-state index contributed by atoms with van der Waals surface area (Å²) in [4.78, 5) is 10.7. The van der Waals surface area contributed by atoms with E-state index in [1.807, 2.05) is 6.92 Å². The van der Waals surface area contributed by atoms with E-state index < -0.39 is 5.97 Å². The van der Waals surface area contributed by atoms with Gasteiger partial charge in [-0.25, -0.2) is 0 Å². The van der Waals surface area contributed by atoms with Crippen LogP contribution in [-0.4, -0.2) is 34.7 Å². The zero-order valence-electron chi connectivity index (χ0n) is 8.54. The molecule has 0 radical (unpaired) electrons. The van der Waals surface area contributed by atoms with Crippen LogP contribution in [0, 0.1) is 0 Å². The van der Waals surface area contributed by atoms with Crippen molar-refractivity contribution in [2.75, 3.05) is 12.3 Å². The molecular formula is C9H19NO2S. The molecule has 78 valence electrons. The predicted octanol–water partition coefficient (Wildman–Crippen LogP) is 1.58. The Morgan fingerprint density at radius 2 is 2.15 bits per heavy atom. The average molecular weight is 205 g/mol. The first-order valence-electron chi connectivity index (χ1n) is 4.65. The van der Waals surface area contributed by atoms with E-state index in [2.05, 4.69) is 19.2 Å². The number of hydrogen-bond donors (Lipinski definition) is 2. The van der Waals surface area contributed by atoms with Gasteiger partial charge in [0.05, 0.1) is 0 Å². The van der Waals surface area contributed by atoms with E-state index in [1.54, 1.807) is 11.8 Å². The molecule has 0 saturated carbocycles. The fourth-order valence-electron chi connectivity index (χ4n) is 0.981. The minimum Gasteiger partial charge on any atom is -0.480 e. The number of carboxylic acids is 1. The first-order chi connectivity index (χ1) is 6.07. The average Bonchev–Trinajstić information content (AvgIpc) is 2.02. The highest BCUT2D eigenvalue weighted by Crippen LogP contribution is 2.11. The van der Waals surface area contributed by atoms with E-state index in [0.717, 1.165) is 5.75 Å². The van der Waals surface area contributed by atoms with Gasteiger partial charge >= 0.3 is 5.97 Å². The molecule has 0 saturated heterocycles. The molecule has 13 heavy (non-hydrogen) atoms. The molecule has 3 nitrogen and oxygen atoms in total. The maximum Gasteiger partial charge on any atom is 0.320 e. The summed E-state index contributed by atoms with van der Waals surface area (Å²) < 4.78 is 0. The quantitative estimate of drug-likeness (QED) is 0.662. The van der Waals surface area contributed by atoms with Gasteiger partial charge in [-0.2, -0.15) is 11.8 Å². The zero-order chi connectivity index (χ0) is 10.3. The lowest BCUT2D eigenvalue weighted by Gasteiger charge is -2.13. The molecule has 0 aromatic carbocycles. The van der Waals surface area contributed by atoms with Crippen LogP contribution in [0.3, 0.4) is 0 Å². The smallest absolute Gasteiger partial charge is 0.320 e. The number of aliphatic carboxylic acids is 1. The van der Waals surface area contributed by atoms with Gasteiger partial charge in [0, 0.05) is 0 Å². The second-order valence-corrected chi connectivity index (χ2v) is 4.84. The zero-order valence-corrected chi connectivity index (χ0v) is 9.36. The highest BCUT2D eigenvalue weighted by molar-refractivity contribution is 7.99. The Bertz CT molecular complexity index is 151. The van der Waals surface area contributed by atoms with Crippen LogP contribution >= 0.6 is 11.8 Å². The summed E-state index contributed by atoms with van der Waals surface area (Å²) in [5.74, 6) is 0.160. The SMILES string of the molecule is CCNC(CCSC(C)C)C(=O)O. The van der Waals surface area contributed by atoms with E-state index in [9.17, 15) is 4.79 Å². The molecule has 0 aromatic rings. The van der Waals surface area contributed by atoms with Crippen molar-refractivity contribution in [2.45, 2.75) is 38.5 Å². The van der Waals surface area contributed by atoms with Crippen molar-refractivity contribution in [3.63, 3.8) is 0 Å². The van der Waals surface area contributed by atoms with Crippen LogP contribution in [0.15, 0.2) is 0 Å². The Labute approximate surface area is 84.3 Å². The molecule has 0 heterocycles. The van der Waals surface area contributed by atoms with Crippen LogP contribution in [0.5, 0.6) is 0 Å². The maximum atomic E-state index is 10.7. The fraction of sp³-hybridized carbons (Fsp3) is 0.889. The second-order valence-electron chi connectivity index (χ2n) is 3.16. The van der Waals surface area contributed by atoms with Crippen molar-refractivity contribution in [3.8, 4) is 0 Å². The lowest BCUT2D eigenvalue weighted by molar-refractivity contribution is -0.139. The number of carboxylic acid groups (broad SMARTS) is 1. The molecule has 0 aromatic heterocycles. The first kappa shape index (κ1) is 12.8. The van der Waals surface area contributed by atoms with Gasteiger partial charge < -0.3 is 10.4 Å². The lowest BCUT2D eigenvalue weighted by Crippen LogP contribution is -2.36. The third-order valence-electron chi connectivity index (χ3n) is 1.61. The van der Waals surface area contributed by atoms with Gasteiger partial charge in [-0.15, -0.1) is 0 Å². The van der Waals surface area contributed by atoms with Crippen molar-refractivity contribution < 1.29 is 9.90 Å². The van der Waals surface area contributed by atoms with Gasteiger partial charge in [0.1, 0.15) is 6.04 Å². The molecule has 0 spiro atoms. The molecular weight excluding hydrogens is 186 g/mol. The van der Waals surface area contributed by atoms with Gasteiger partial charge in [-0.05, 0) is 24.0 Å². The fourth-order valence-corrected chi connectivity index (χ4v) is 1.82. The van der Waals surface area contributed by atoms with Gasteiger partial charge in [-0.1, -0.05) is 20.8 Å². The molecule has 0 amide bonds. The largest absolute Gasteiger partial charge is 0.480 e. The number of rotatable bonds is 7. The van der Waals surface area contributed by atoms with E-state index in [-0.39, 0.29) is 6.04 Å². The molecule has 0 fully saturated rings. The minimum atomic E-state index is -0.744. The standard InChI is InChI=1S/C9H19NO2S/c1-4-10-8(9(11)12)5-6-13-7(2)3/h7-8,10H,4-6H2,1-3H3,(H,11,12). The Balaban J connectivity index is 3.63. The molecule has 0 bridgehead atoms. The first-order valence-corrected chi connectivity index (χ1v) is 5.70.